The highest BCUT2D eigenvalue weighted by molar-refractivity contribution is 7.99. The highest BCUT2D eigenvalue weighted by Gasteiger charge is 2.31. The fraction of sp³-hybridized carbons (Fsp3) is 0.231. The van der Waals surface area contributed by atoms with E-state index < -0.39 is 0 Å². The molecule has 168 valence electrons. The van der Waals surface area contributed by atoms with Gasteiger partial charge >= 0.3 is 0 Å². The Balaban J connectivity index is 1.40. The Morgan fingerprint density at radius 2 is 1.88 bits per heavy atom. The second-order valence-electron chi connectivity index (χ2n) is 8.17. The quantitative estimate of drug-likeness (QED) is 0.577. The molecule has 0 saturated heterocycles. The van der Waals surface area contributed by atoms with Crippen molar-refractivity contribution in [2.75, 3.05) is 23.6 Å². The van der Waals surface area contributed by atoms with Crippen LogP contribution in [-0.4, -0.2) is 25.2 Å². The van der Waals surface area contributed by atoms with Crippen molar-refractivity contribution in [3.8, 4) is 11.5 Å². The van der Waals surface area contributed by atoms with Gasteiger partial charge in [-0.3, -0.25) is 9.59 Å². The Kier molecular flexibility index (Phi) is 5.72. The molecular weight excluding hydrogens is 436 g/mol. The Morgan fingerprint density at radius 1 is 1.06 bits per heavy atom. The van der Waals surface area contributed by atoms with Crippen molar-refractivity contribution in [2.45, 2.75) is 30.4 Å². The number of carbonyl (C=O) groups excluding carboxylic acids is 2. The minimum atomic E-state index is -0.224. The van der Waals surface area contributed by atoms with Crippen molar-refractivity contribution in [3.63, 3.8) is 0 Å². The lowest BCUT2D eigenvalue weighted by molar-refractivity contribution is -0.121. The zero-order chi connectivity index (χ0) is 22.9. The van der Waals surface area contributed by atoms with E-state index in [1.807, 2.05) is 74.5 Å². The third-order valence-electron chi connectivity index (χ3n) is 6.04. The van der Waals surface area contributed by atoms with E-state index in [-0.39, 0.29) is 36.8 Å². The number of nitrogens with zero attached hydrogens (tertiary/aromatic N) is 1. The molecular formula is C26H24N2O4S. The Labute approximate surface area is 196 Å². The van der Waals surface area contributed by atoms with Crippen LogP contribution in [0.3, 0.4) is 0 Å². The minimum absolute atomic E-state index is 0.0440. The van der Waals surface area contributed by atoms with Crippen molar-refractivity contribution in [2.24, 2.45) is 0 Å². The number of hydrogen-bond donors (Lipinski definition) is 1. The zero-order valence-corrected chi connectivity index (χ0v) is 19.3. The monoisotopic (exact) mass is 460 g/mol. The smallest absolute Gasteiger partial charge is 0.244 e. The number of amides is 2. The largest absolute Gasteiger partial charge is 0.454 e. The number of aryl methyl sites for hydroxylation is 1. The van der Waals surface area contributed by atoms with E-state index in [4.69, 9.17) is 9.47 Å². The van der Waals surface area contributed by atoms with Crippen LogP contribution in [0.25, 0.3) is 0 Å². The van der Waals surface area contributed by atoms with Crippen LogP contribution in [0.2, 0.25) is 0 Å². The molecule has 7 heteroatoms. The summed E-state index contributed by atoms with van der Waals surface area (Å²) in [6.07, 6.45) is 0.274. The predicted octanol–water partition coefficient (Wildman–Crippen LogP) is 5.24. The van der Waals surface area contributed by atoms with Crippen LogP contribution < -0.4 is 19.7 Å². The van der Waals surface area contributed by atoms with Gasteiger partial charge in [-0.1, -0.05) is 30.3 Å². The van der Waals surface area contributed by atoms with E-state index in [1.54, 1.807) is 16.7 Å². The molecule has 2 aliphatic rings. The lowest BCUT2D eigenvalue weighted by atomic mass is 10.1. The van der Waals surface area contributed by atoms with E-state index in [0.717, 1.165) is 33.0 Å². The second-order valence-corrected chi connectivity index (χ2v) is 9.41. The number of para-hydroxylation sites is 1. The minimum Gasteiger partial charge on any atom is -0.454 e. The molecule has 0 bridgehead atoms. The normalized spacial score (nSPS) is 16.8. The number of fused-ring (bicyclic) bond motifs is 2. The molecule has 1 atom stereocenters. The summed E-state index contributed by atoms with van der Waals surface area (Å²) in [5.74, 6) is 1.10. The Bertz CT molecular complexity index is 1240. The van der Waals surface area contributed by atoms with Gasteiger partial charge in [0, 0.05) is 22.3 Å². The molecule has 33 heavy (non-hydrogen) atoms. The maximum atomic E-state index is 13.4. The second kappa shape index (κ2) is 8.83. The molecule has 1 N–H and O–H groups in total. The fourth-order valence-electron chi connectivity index (χ4n) is 4.07. The van der Waals surface area contributed by atoms with Gasteiger partial charge in [0.05, 0.1) is 5.69 Å². The maximum Gasteiger partial charge on any atom is 0.244 e. The third kappa shape index (κ3) is 4.28. The first kappa shape index (κ1) is 21.4. The predicted molar refractivity (Wildman–Crippen MR) is 129 cm³/mol. The first-order valence-corrected chi connectivity index (χ1v) is 11.7. The lowest BCUT2D eigenvalue weighted by Gasteiger charge is -2.22. The van der Waals surface area contributed by atoms with E-state index in [0.29, 0.717) is 11.5 Å². The van der Waals surface area contributed by atoms with Crippen LogP contribution in [0.15, 0.2) is 65.6 Å². The molecule has 0 radical (unpaired) electrons. The lowest BCUT2D eigenvalue weighted by Crippen LogP contribution is -2.38. The SMILES string of the molecule is Cc1cccc(NC(=O)CN2C(=O)CC(c3ccc4c(c3)OCO4)Sc3ccccc32)c1C. The molecule has 1 unspecified atom stereocenters. The summed E-state index contributed by atoms with van der Waals surface area (Å²) in [7, 11) is 0. The summed E-state index contributed by atoms with van der Waals surface area (Å²) < 4.78 is 10.9. The number of benzene rings is 3. The summed E-state index contributed by atoms with van der Waals surface area (Å²) in [5.41, 5.74) is 4.64. The van der Waals surface area contributed by atoms with Crippen LogP contribution in [0.1, 0.15) is 28.4 Å². The third-order valence-corrected chi connectivity index (χ3v) is 7.36. The topological polar surface area (TPSA) is 67.9 Å². The molecule has 0 aliphatic carbocycles. The van der Waals surface area contributed by atoms with Gasteiger partial charge < -0.3 is 19.7 Å². The number of hydrogen-bond acceptors (Lipinski definition) is 5. The van der Waals surface area contributed by atoms with Gasteiger partial charge in [-0.15, -0.1) is 11.8 Å². The van der Waals surface area contributed by atoms with Crippen LogP contribution in [-0.2, 0) is 9.59 Å². The van der Waals surface area contributed by atoms with Gasteiger partial charge in [0.25, 0.3) is 0 Å². The van der Waals surface area contributed by atoms with Gasteiger partial charge in [0.2, 0.25) is 18.6 Å². The van der Waals surface area contributed by atoms with E-state index in [2.05, 4.69) is 5.32 Å². The Hall–Kier alpha value is -3.45. The number of ether oxygens (including phenoxy) is 2. The maximum absolute atomic E-state index is 13.4. The molecule has 0 aromatic heterocycles. The van der Waals surface area contributed by atoms with Crippen molar-refractivity contribution in [1.29, 1.82) is 0 Å². The van der Waals surface area contributed by atoms with Crippen molar-refractivity contribution < 1.29 is 19.1 Å². The molecule has 0 spiro atoms. The van der Waals surface area contributed by atoms with Gasteiger partial charge in [-0.25, -0.2) is 0 Å². The molecule has 6 nitrogen and oxygen atoms in total. The molecule has 2 heterocycles. The van der Waals surface area contributed by atoms with E-state index in [1.165, 1.54) is 0 Å². The molecule has 0 fully saturated rings. The number of rotatable bonds is 4. The number of thioether (sulfide) groups is 1. The standard InChI is InChI=1S/C26H24N2O4S/c1-16-6-5-7-19(17(16)2)27-25(29)14-28-20-8-3-4-9-23(20)33-24(13-26(28)30)18-10-11-21-22(12-18)32-15-31-21/h3-12,24H,13-15H2,1-2H3,(H,27,29). The zero-order valence-electron chi connectivity index (χ0n) is 18.5. The van der Waals surface area contributed by atoms with Crippen LogP contribution in [0.5, 0.6) is 11.5 Å². The van der Waals surface area contributed by atoms with E-state index in [9.17, 15) is 9.59 Å². The average Bonchev–Trinajstić information content (AvgIpc) is 3.23. The number of carbonyl (C=O) groups is 2. The van der Waals surface area contributed by atoms with Crippen molar-refractivity contribution in [1.82, 2.24) is 0 Å². The molecule has 3 aromatic rings. The first-order valence-electron chi connectivity index (χ1n) is 10.8. The summed E-state index contributed by atoms with van der Waals surface area (Å²) >= 11 is 1.63. The van der Waals surface area contributed by atoms with Crippen LogP contribution >= 0.6 is 11.8 Å². The summed E-state index contributed by atoms with van der Waals surface area (Å²) in [5, 5.41) is 2.87. The van der Waals surface area contributed by atoms with E-state index >= 15 is 0 Å². The van der Waals surface area contributed by atoms with Crippen LogP contribution in [0.4, 0.5) is 11.4 Å². The molecule has 0 saturated carbocycles. The summed E-state index contributed by atoms with van der Waals surface area (Å²) in [6.45, 7) is 4.15. The summed E-state index contributed by atoms with van der Waals surface area (Å²) in [6, 6.07) is 19.3. The summed E-state index contributed by atoms with van der Waals surface area (Å²) in [4.78, 5) is 28.9. The average molecular weight is 461 g/mol. The molecule has 2 amide bonds. The molecule has 5 rings (SSSR count). The molecule has 2 aliphatic heterocycles. The fourth-order valence-corrected chi connectivity index (χ4v) is 5.34. The first-order chi connectivity index (χ1) is 16.0. The van der Waals surface area contributed by atoms with Crippen molar-refractivity contribution >= 4 is 35.0 Å². The van der Waals surface area contributed by atoms with Gasteiger partial charge in [-0.05, 0) is 60.9 Å². The van der Waals surface area contributed by atoms with Gasteiger partial charge in [0.15, 0.2) is 11.5 Å². The molecule has 3 aromatic carbocycles. The highest BCUT2D eigenvalue weighted by atomic mass is 32.2. The van der Waals surface area contributed by atoms with Gasteiger partial charge in [0.1, 0.15) is 6.54 Å². The number of nitrogens with one attached hydrogen (secondary N) is 1. The number of anilines is 2. The highest BCUT2D eigenvalue weighted by Crippen LogP contribution is 2.47. The van der Waals surface area contributed by atoms with Crippen molar-refractivity contribution in [3.05, 3.63) is 77.4 Å². The van der Waals surface area contributed by atoms with Gasteiger partial charge in [-0.2, -0.15) is 0 Å². The Morgan fingerprint density at radius 3 is 2.76 bits per heavy atom. The van der Waals surface area contributed by atoms with Crippen LogP contribution in [0, 0.1) is 13.8 Å².